The summed E-state index contributed by atoms with van der Waals surface area (Å²) in [7, 11) is 0. The van der Waals surface area contributed by atoms with E-state index in [1.807, 2.05) is 137 Å². The molecule has 1 nitrogen and oxygen atoms in total. The number of hydrogen-bond acceptors (Lipinski definition) is 1. The van der Waals surface area contributed by atoms with Gasteiger partial charge >= 0.3 is 12.4 Å². The Morgan fingerprint density at radius 2 is 0.553 bits per heavy atom. The fraction of sp³-hybridized carbons (Fsp3) is 0.647. The summed E-state index contributed by atoms with van der Waals surface area (Å²) in [6.07, 6.45) is -4.02. The Morgan fingerprint density at radius 3 is 0.750 bits per heavy atom. The Bertz CT molecular complexity index is 1580. The van der Waals surface area contributed by atoms with Gasteiger partial charge in [0.15, 0.2) is 0 Å². The van der Waals surface area contributed by atoms with E-state index in [4.69, 9.17) is 5.11 Å². The molecule has 4 aromatic rings. The van der Waals surface area contributed by atoms with Crippen LogP contribution >= 0.6 is 0 Å². The number of benzene rings is 4. The summed E-state index contributed by atoms with van der Waals surface area (Å²) in [5.41, 5.74) is 0.805. The minimum absolute atomic E-state index is 0. The molecule has 0 aliphatic rings. The van der Waals surface area contributed by atoms with Crippen LogP contribution in [0.15, 0.2) is 109 Å². The predicted octanol–water partition coefficient (Wildman–Crippen LogP) is 25.9. The van der Waals surface area contributed by atoms with Gasteiger partial charge in [0, 0.05) is 18.6 Å². The molecule has 0 saturated heterocycles. The number of rotatable bonds is 4. The van der Waals surface area contributed by atoms with Crippen molar-refractivity contribution >= 4 is 0 Å². The smallest absolute Gasteiger partial charge is 0.390 e. The molecule has 4 rings (SSSR count). The summed E-state index contributed by atoms with van der Waals surface area (Å²) < 4.78 is 79.0. The summed E-state index contributed by atoms with van der Waals surface area (Å²) in [6.45, 7) is 67.4. The summed E-state index contributed by atoms with van der Waals surface area (Å²) >= 11 is 0. The van der Waals surface area contributed by atoms with Gasteiger partial charge < -0.3 is 5.11 Å². The van der Waals surface area contributed by atoms with Gasteiger partial charge in [-0.15, -0.1) is 0 Å². The van der Waals surface area contributed by atoms with Crippen LogP contribution in [-0.2, 0) is 30.1 Å². The van der Waals surface area contributed by atoms with Crippen molar-refractivity contribution in [1.82, 2.24) is 0 Å². The molecule has 8 heteroatoms. The van der Waals surface area contributed by atoms with Gasteiger partial charge in [0.2, 0.25) is 0 Å². The number of alkyl halides is 6. The fourth-order valence-corrected chi connectivity index (χ4v) is 3.88. The third kappa shape index (κ3) is 57.2. The molecule has 0 heterocycles. The van der Waals surface area contributed by atoms with Crippen molar-refractivity contribution in [3.05, 3.63) is 131 Å². The first-order valence-corrected chi connectivity index (χ1v) is 28.8. The van der Waals surface area contributed by atoms with Gasteiger partial charge in [0.1, 0.15) is 5.41 Å². The summed E-state index contributed by atoms with van der Waals surface area (Å²) in [6, 6.07) is 28.7. The van der Waals surface area contributed by atoms with Crippen molar-refractivity contribution < 1.29 is 50.0 Å². The SMILES string of the molecule is CC.CC.CC.CC.CC.CC.CC.CC.CC(c1ccccc1)(c1ccccc1)C(F)(F)F.CCC(C)(C)C.CCC(C)(C)C.CCC(C)(C)C.CCC(C)(C)O.Cc1ccccc1-c1ccccc1C(F)(F)F.[V]. The molecule has 76 heavy (non-hydrogen) atoms. The van der Waals surface area contributed by atoms with Crippen molar-refractivity contribution in [2.45, 2.75) is 278 Å². The topological polar surface area (TPSA) is 20.2 Å². The molecule has 451 valence electrons. The molecular weight excluding hydrogens is 998 g/mol. The van der Waals surface area contributed by atoms with E-state index in [0.29, 0.717) is 21.8 Å². The minimum Gasteiger partial charge on any atom is -0.390 e. The Kier molecular flexibility index (Phi) is 75.3. The second-order valence-corrected chi connectivity index (χ2v) is 19.1. The van der Waals surface area contributed by atoms with Gasteiger partial charge in [0.25, 0.3) is 0 Å². The maximum Gasteiger partial charge on any atom is 0.417 e. The summed E-state index contributed by atoms with van der Waals surface area (Å²) in [5.74, 6) is 0. The van der Waals surface area contributed by atoms with Crippen LogP contribution in [0.3, 0.4) is 0 Å². The van der Waals surface area contributed by atoms with Crippen LogP contribution in [0.1, 0.15) is 269 Å². The van der Waals surface area contributed by atoms with Crippen molar-refractivity contribution in [1.29, 1.82) is 0 Å². The van der Waals surface area contributed by atoms with Crippen molar-refractivity contribution in [3.63, 3.8) is 0 Å². The first-order chi connectivity index (χ1) is 34.7. The Balaban J connectivity index is -0.0000000741. The summed E-state index contributed by atoms with van der Waals surface area (Å²) in [5, 5.41) is 8.83. The van der Waals surface area contributed by atoms with Gasteiger partial charge in [-0.25, -0.2) is 0 Å². The largest absolute Gasteiger partial charge is 0.417 e. The van der Waals surface area contributed by atoms with Gasteiger partial charge in [-0.1, -0.05) is 323 Å². The molecule has 1 radical (unpaired) electrons. The van der Waals surface area contributed by atoms with E-state index in [-0.39, 0.29) is 35.2 Å². The average Bonchev–Trinajstić information content (AvgIpc) is 3.41. The standard InChI is InChI=1S/C15H13F3.C14H11F3.3C6H14.C5H12O.8C2H6.V/c1-14(15(16,17)18,12-8-4-2-5-9-12)13-10-6-3-7-11-13;1-10-6-2-3-7-11(10)12-8-4-5-9-13(12)14(15,16)17;3*1-5-6(2,3)4;1-4-5(2,3)6;8*1-2;/h2-11H,1H3;2-9H,1H3;3*5H2,1-4H3;6H,4H2,1-3H3;8*1-2H3;. The Labute approximate surface area is 484 Å². The van der Waals surface area contributed by atoms with Crippen LogP contribution in [0.2, 0.25) is 0 Å². The zero-order valence-corrected chi connectivity index (χ0v) is 57.3. The predicted molar refractivity (Wildman–Crippen MR) is 334 cm³/mol. The van der Waals surface area contributed by atoms with Crippen LogP contribution in [0.4, 0.5) is 26.3 Å². The third-order valence-electron chi connectivity index (χ3n) is 9.98. The maximum absolute atomic E-state index is 13.5. The molecule has 0 aliphatic carbocycles. The molecule has 0 unspecified atom stereocenters. The van der Waals surface area contributed by atoms with Gasteiger partial charge in [-0.3, -0.25) is 0 Å². The molecule has 0 bridgehead atoms. The second kappa shape index (κ2) is 58.2. The van der Waals surface area contributed by atoms with Gasteiger partial charge in [-0.2, -0.15) is 26.3 Å². The second-order valence-electron chi connectivity index (χ2n) is 19.1. The Morgan fingerprint density at radius 1 is 0.342 bits per heavy atom. The van der Waals surface area contributed by atoms with Crippen molar-refractivity contribution in [3.8, 4) is 11.1 Å². The number of aliphatic hydroxyl groups is 1. The average molecular weight is 1120 g/mol. The molecule has 0 atom stereocenters. The number of hydrogen-bond donors (Lipinski definition) is 1. The molecule has 0 amide bonds. The van der Waals surface area contributed by atoms with E-state index in [1.165, 1.54) is 62.6 Å². The first kappa shape index (κ1) is 98.5. The fourth-order valence-electron chi connectivity index (χ4n) is 3.88. The van der Waals surface area contributed by atoms with E-state index in [1.54, 1.807) is 68.4 Å². The molecular formula is C68H126F6OV. The monoisotopic (exact) mass is 1120 g/mol. The van der Waals surface area contributed by atoms with Crippen LogP contribution in [0.5, 0.6) is 0 Å². The zero-order chi connectivity index (χ0) is 62.5. The van der Waals surface area contributed by atoms with Crippen molar-refractivity contribution in [2.24, 2.45) is 16.2 Å². The molecule has 0 aromatic heterocycles. The van der Waals surface area contributed by atoms with Crippen LogP contribution in [-0.4, -0.2) is 16.9 Å². The Hall–Kier alpha value is -3.00. The van der Waals surface area contributed by atoms with Crippen LogP contribution < -0.4 is 0 Å². The normalized spacial score (nSPS) is 9.95. The number of halogens is 6. The third-order valence-corrected chi connectivity index (χ3v) is 9.98. The first-order valence-electron chi connectivity index (χ1n) is 28.8. The van der Waals surface area contributed by atoms with Crippen LogP contribution in [0.25, 0.3) is 11.1 Å². The molecule has 0 fully saturated rings. The number of aryl methyl sites for hydroxylation is 1. The van der Waals surface area contributed by atoms with Gasteiger partial charge in [0.05, 0.1) is 11.2 Å². The zero-order valence-electron chi connectivity index (χ0n) is 55.9. The van der Waals surface area contributed by atoms with Gasteiger partial charge in [-0.05, 0) is 84.2 Å². The van der Waals surface area contributed by atoms with E-state index in [9.17, 15) is 26.3 Å². The van der Waals surface area contributed by atoms with E-state index < -0.39 is 28.9 Å². The maximum atomic E-state index is 13.5. The quantitative estimate of drug-likeness (QED) is 0.202. The molecule has 4 aromatic carbocycles. The van der Waals surface area contributed by atoms with E-state index in [0.717, 1.165) is 18.1 Å². The summed E-state index contributed by atoms with van der Waals surface area (Å²) in [4.78, 5) is 0. The molecule has 0 saturated carbocycles. The molecule has 1 N–H and O–H groups in total. The van der Waals surface area contributed by atoms with E-state index in [2.05, 4.69) is 83.1 Å². The minimum atomic E-state index is -4.34. The molecule has 0 aliphatic heterocycles. The van der Waals surface area contributed by atoms with E-state index >= 15 is 0 Å². The molecule has 0 spiro atoms. The van der Waals surface area contributed by atoms with Crippen LogP contribution in [0, 0.1) is 23.2 Å². The van der Waals surface area contributed by atoms with Crippen molar-refractivity contribution in [2.75, 3.05) is 0 Å².